The van der Waals surface area contributed by atoms with Crippen LogP contribution in [0.25, 0.3) is 0 Å². The van der Waals surface area contributed by atoms with Gasteiger partial charge in [0.2, 0.25) is 5.91 Å². The molecular formula is C21H23FN2O6S. The molecule has 8 nitrogen and oxygen atoms in total. The SMILES string of the molecule is COc1ccc(OC)c(NC(=O)C(C)OC(=O)CSCC(=O)Nc2ccccc2F)c1. The lowest BCUT2D eigenvalue weighted by Crippen LogP contribution is -2.30. The molecule has 0 spiro atoms. The maximum Gasteiger partial charge on any atom is 0.316 e. The number of rotatable bonds is 10. The first-order valence-electron chi connectivity index (χ1n) is 9.18. The number of carbonyl (C=O) groups excluding carboxylic acids is 3. The minimum Gasteiger partial charge on any atom is -0.497 e. The van der Waals surface area contributed by atoms with Crippen molar-refractivity contribution in [3.63, 3.8) is 0 Å². The van der Waals surface area contributed by atoms with Gasteiger partial charge in [-0.15, -0.1) is 11.8 Å². The molecule has 0 saturated heterocycles. The van der Waals surface area contributed by atoms with E-state index in [-0.39, 0.29) is 17.2 Å². The Morgan fingerprint density at radius 1 is 1.00 bits per heavy atom. The third-order valence-electron chi connectivity index (χ3n) is 3.94. The summed E-state index contributed by atoms with van der Waals surface area (Å²) in [4.78, 5) is 36.2. The number of hydrogen-bond donors (Lipinski definition) is 2. The van der Waals surface area contributed by atoms with Crippen molar-refractivity contribution in [2.75, 3.05) is 36.4 Å². The smallest absolute Gasteiger partial charge is 0.316 e. The summed E-state index contributed by atoms with van der Waals surface area (Å²) in [7, 11) is 2.95. The van der Waals surface area contributed by atoms with Gasteiger partial charge in [-0.3, -0.25) is 14.4 Å². The topological polar surface area (TPSA) is 103 Å². The molecule has 0 bridgehead atoms. The minimum absolute atomic E-state index is 0.0638. The van der Waals surface area contributed by atoms with Gasteiger partial charge in [0.05, 0.1) is 37.1 Å². The Labute approximate surface area is 183 Å². The molecule has 1 atom stereocenters. The number of benzene rings is 2. The molecule has 0 saturated carbocycles. The number of para-hydroxylation sites is 1. The molecule has 0 radical (unpaired) electrons. The van der Waals surface area contributed by atoms with Crippen LogP contribution in [0.15, 0.2) is 42.5 Å². The Bertz CT molecular complexity index is 940. The second-order valence-electron chi connectivity index (χ2n) is 6.21. The van der Waals surface area contributed by atoms with E-state index in [1.165, 1.54) is 39.3 Å². The van der Waals surface area contributed by atoms with E-state index in [0.29, 0.717) is 17.2 Å². The van der Waals surface area contributed by atoms with Gasteiger partial charge < -0.3 is 24.8 Å². The maximum atomic E-state index is 13.5. The van der Waals surface area contributed by atoms with Crippen molar-refractivity contribution in [3.05, 3.63) is 48.3 Å². The highest BCUT2D eigenvalue weighted by Gasteiger charge is 2.20. The van der Waals surface area contributed by atoms with Crippen LogP contribution in [0.4, 0.5) is 15.8 Å². The maximum absolute atomic E-state index is 13.5. The van der Waals surface area contributed by atoms with Crippen molar-refractivity contribution in [3.8, 4) is 11.5 Å². The van der Waals surface area contributed by atoms with Gasteiger partial charge in [-0.1, -0.05) is 12.1 Å². The number of methoxy groups -OCH3 is 2. The van der Waals surface area contributed by atoms with E-state index in [4.69, 9.17) is 14.2 Å². The fourth-order valence-corrected chi connectivity index (χ4v) is 3.00. The highest BCUT2D eigenvalue weighted by Crippen LogP contribution is 2.29. The zero-order valence-electron chi connectivity index (χ0n) is 17.3. The first kappa shape index (κ1) is 24.0. The molecule has 0 aliphatic heterocycles. The zero-order chi connectivity index (χ0) is 22.8. The number of hydrogen-bond acceptors (Lipinski definition) is 7. The van der Waals surface area contributed by atoms with Gasteiger partial charge in [-0.25, -0.2) is 4.39 Å². The van der Waals surface area contributed by atoms with Crippen molar-refractivity contribution < 1.29 is 33.0 Å². The molecular weight excluding hydrogens is 427 g/mol. The Morgan fingerprint density at radius 2 is 1.74 bits per heavy atom. The van der Waals surface area contributed by atoms with Gasteiger partial charge in [0, 0.05) is 6.07 Å². The molecule has 10 heteroatoms. The average molecular weight is 450 g/mol. The number of ether oxygens (including phenoxy) is 3. The molecule has 31 heavy (non-hydrogen) atoms. The molecule has 0 heterocycles. The van der Waals surface area contributed by atoms with E-state index in [9.17, 15) is 18.8 Å². The Kier molecular flexibility index (Phi) is 9.13. The lowest BCUT2D eigenvalue weighted by atomic mass is 10.2. The fourth-order valence-electron chi connectivity index (χ4n) is 2.41. The van der Waals surface area contributed by atoms with Gasteiger partial charge in [-0.05, 0) is 31.2 Å². The van der Waals surface area contributed by atoms with Crippen LogP contribution in [0.2, 0.25) is 0 Å². The fraction of sp³-hybridized carbons (Fsp3) is 0.286. The molecule has 0 aliphatic rings. The molecule has 2 aromatic carbocycles. The molecule has 0 aliphatic carbocycles. The average Bonchev–Trinajstić information content (AvgIpc) is 2.75. The molecule has 1 unspecified atom stereocenters. The largest absolute Gasteiger partial charge is 0.497 e. The third kappa shape index (κ3) is 7.49. The first-order valence-corrected chi connectivity index (χ1v) is 10.3. The van der Waals surface area contributed by atoms with E-state index in [1.54, 1.807) is 24.3 Å². The van der Waals surface area contributed by atoms with Crippen LogP contribution >= 0.6 is 11.8 Å². The van der Waals surface area contributed by atoms with Crippen LogP contribution in [-0.4, -0.2) is 49.6 Å². The minimum atomic E-state index is -1.07. The van der Waals surface area contributed by atoms with Crippen LogP contribution in [-0.2, 0) is 19.1 Å². The summed E-state index contributed by atoms with van der Waals surface area (Å²) in [5.41, 5.74) is 0.433. The summed E-state index contributed by atoms with van der Waals surface area (Å²) in [6.45, 7) is 1.43. The number of halogens is 1. The van der Waals surface area contributed by atoms with E-state index in [2.05, 4.69) is 10.6 Å². The van der Waals surface area contributed by atoms with Gasteiger partial charge in [-0.2, -0.15) is 0 Å². The monoisotopic (exact) mass is 450 g/mol. The lowest BCUT2D eigenvalue weighted by molar-refractivity contribution is -0.150. The van der Waals surface area contributed by atoms with Crippen molar-refractivity contribution in [2.24, 2.45) is 0 Å². The molecule has 166 valence electrons. The second-order valence-corrected chi connectivity index (χ2v) is 7.19. The molecule has 2 amide bonds. The Morgan fingerprint density at radius 3 is 2.42 bits per heavy atom. The normalized spacial score (nSPS) is 11.2. The summed E-state index contributed by atoms with van der Waals surface area (Å²) in [6.07, 6.45) is -1.07. The summed E-state index contributed by atoms with van der Waals surface area (Å²) in [5.74, 6) is -1.51. The summed E-state index contributed by atoms with van der Waals surface area (Å²) in [5, 5.41) is 5.04. The highest BCUT2D eigenvalue weighted by atomic mass is 32.2. The van der Waals surface area contributed by atoms with Crippen molar-refractivity contribution in [1.29, 1.82) is 0 Å². The Hall–Kier alpha value is -3.27. The van der Waals surface area contributed by atoms with Gasteiger partial charge in [0.25, 0.3) is 5.91 Å². The molecule has 0 aromatic heterocycles. The predicted octanol–water partition coefficient (Wildman–Crippen LogP) is 3.09. The number of esters is 1. The molecule has 2 aromatic rings. The van der Waals surface area contributed by atoms with Crippen LogP contribution < -0.4 is 20.1 Å². The second kappa shape index (κ2) is 11.8. The van der Waals surface area contributed by atoms with Crippen molar-refractivity contribution >= 4 is 40.9 Å². The van der Waals surface area contributed by atoms with Gasteiger partial charge in [0.15, 0.2) is 6.10 Å². The predicted molar refractivity (Wildman–Crippen MR) is 116 cm³/mol. The van der Waals surface area contributed by atoms with Crippen molar-refractivity contribution in [2.45, 2.75) is 13.0 Å². The lowest BCUT2D eigenvalue weighted by Gasteiger charge is -2.16. The third-order valence-corrected chi connectivity index (χ3v) is 4.85. The Balaban J connectivity index is 1.78. The molecule has 0 fully saturated rings. The first-order chi connectivity index (χ1) is 14.8. The van der Waals surface area contributed by atoms with E-state index < -0.39 is 29.7 Å². The van der Waals surface area contributed by atoms with E-state index >= 15 is 0 Å². The summed E-state index contributed by atoms with van der Waals surface area (Å²) < 4.78 is 28.9. The number of amides is 2. The number of carbonyl (C=O) groups is 3. The summed E-state index contributed by atoms with van der Waals surface area (Å²) >= 11 is 0.986. The van der Waals surface area contributed by atoms with Crippen LogP contribution in [0.5, 0.6) is 11.5 Å². The van der Waals surface area contributed by atoms with E-state index in [1.807, 2.05) is 0 Å². The number of anilines is 2. The number of nitrogens with one attached hydrogen (secondary N) is 2. The highest BCUT2D eigenvalue weighted by molar-refractivity contribution is 8.00. The quantitative estimate of drug-likeness (QED) is 0.536. The molecule has 2 N–H and O–H groups in total. The zero-order valence-corrected chi connectivity index (χ0v) is 18.1. The van der Waals surface area contributed by atoms with Crippen LogP contribution in [0, 0.1) is 5.82 Å². The number of thioether (sulfide) groups is 1. The standard InChI is InChI=1S/C21H23FN2O6S/c1-13(21(27)24-17-10-14(28-2)8-9-18(17)29-3)30-20(26)12-31-11-19(25)23-16-7-5-4-6-15(16)22/h4-10,13H,11-12H2,1-3H3,(H,23,25)(H,24,27). The van der Waals surface area contributed by atoms with Crippen LogP contribution in [0.1, 0.15) is 6.92 Å². The molecule has 2 rings (SSSR count). The van der Waals surface area contributed by atoms with Crippen LogP contribution in [0.3, 0.4) is 0 Å². The van der Waals surface area contributed by atoms with Gasteiger partial charge in [0.1, 0.15) is 17.3 Å². The van der Waals surface area contributed by atoms with E-state index in [0.717, 1.165) is 11.8 Å². The summed E-state index contributed by atoms with van der Waals surface area (Å²) in [6, 6.07) is 10.7. The van der Waals surface area contributed by atoms with Crippen molar-refractivity contribution in [1.82, 2.24) is 0 Å². The van der Waals surface area contributed by atoms with Gasteiger partial charge >= 0.3 is 5.97 Å².